The second-order valence-electron chi connectivity index (χ2n) is 7.57. The molecular formula is C26H22ClFN4O5. The van der Waals surface area contributed by atoms with Crippen LogP contribution in [0, 0.1) is 5.82 Å². The van der Waals surface area contributed by atoms with E-state index in [-0.39, 0.29) is 18.2 Å². The maximum atomic E-state index is 13.5. The summed E-state index contributed by atoms with van der Waals surface area (Å²) in [5.74, 6) is 0.942. The molecular weight excluding hydrogens is 503 g/mol. The minimum absolute atomic E-state index is 0.00532. The third kappa shape index (κ3) is 6.63. The van der Waals surface area contributed by atoms with Gasteiger partial charge in [0.15, 0.2) is 11.5 Å². The molecule has 11 heteroatoms. The van der Waals surface area contributed by atoms with Crippen molar-refractivity contribution in [3.05, 3.63) is 83.4 Å². The first-order valence-electron chi connectivity index (χ1n) is 11.0. The fraction of sp³-hybridized carbons (Fsp3) is 0.115. The Balaban J connectivity index is 1.43. The summed E-state index contributed by atoms with van der Waals surface area (Å²) in [6, 6.07) is 14.8. The molecule has 0 aliphatic heterocycles. The number of halogens is 2. The smallest absolute Gasteiger partial charge is 0.267 e. The van der Waals surface area contributed by atoms with Crippen molar-refractivity contribution in [1.29, 1.82) is 0 Å². The highest BCUT2D eigenvalue weighted by Gasteiger charge is 2.13. The van der Waals surface area contributed by atoms with Gasteiger partial charge in [-0.3, -0.25) is 10.0 Å². The van der Waals surface area contributed by atoms with Gasteiger partial charge in [0.25, 0.3) is 5.91 Å². The predicted molar refractivity (Wildman–Crippen MR) is 137 cm³/mol. The van der Waals surface area contributed by atoms with E-state index in [2.05, 4.69) is 15.3 Å². The summed E-state index contributed by atoms with van der Waals surface area (Å²) in [4.78, 5) is 19.7. The van der Waals surface area contributed by atoms with Crippen LogP contribution in [0.1, 0.15) is 5.56 Å². The van der Waals surface area contributed by atoms with Gasteiger partial charge in [-0.2, -0.15) is 0 Å². The lowest BCUT2D eigenvalue weighted by molar-refractivity contribution is -0.124. The van der Waals surface area contributed by atoms with E-state index in [1.807, 2.05) is 0 Å². The molecule has 1 aromatic heterocycles. The Morgan fingerprint density at radius 3 is 2.57 bits per heavy atom. The van der Waals surface area contributed by atoms with E-state index >= 15 is 0 Å². The lowest BCUT2D eigenvalue weighted by atomic mass is 10.2. The number of hydroxylamine groups is 1. The molecule has 0 radical (unpaired) electrons. The van der Waals surface area contributed by atoms with E-state index in [4.69, 9.17) is 31.0 Å². The molecule has 0 spiro atoms. The number of carbonyl (C=O) groups excluding carboxylic acids is 1. The van der Waals surface area contributed by atoms with E-state index in [0.29, 0.717) is 39.7 Å². The molecule has 4 aromatic rings. The Bertz CT molecular complexity index is 1430. The summed E-state index contributed by atoms with van der Waals surface area (Å²) in [5, 5.41) is 12.3. The molecule has 190 valence electrons. The number of methoxy groups -OCH3 is 1. The van der Waals surface area contributed by atoms with Crippen molar-refractivity contribution >= 4 is 46.0 Å². The summed E-state index contributed by atoms with van der Waals surface area (Å²) in [5.41, 5.74) is 3.48. The normalized spacial score (nSPS) is 10.9. The van der Waals surface area contributed by atoms with Crippen LogP contribution < -0.4 is 25.0 Å². The summed E-state index contributed by atoms with van der Waals surface area (Å²) in [6.45, 7) is 0.484. The van der Waals surface area contributed by atoms with Crippen LogP contribution in [-0.4, -0.2) is 41.4 Å². The molecule has 3 N–H and O–H groups in total. The Morgan fingerprint density at radius 2 is 1.84 bits per heavy atom. The van der Waals surface area contributed by atoms with Gasteiger partial charge in [-0.05, 0) is 48.0 Å². The number of nitrogens with one attached hydrogen (secondary N) is 2. The van der Waals surface area contributed by atoms with Gasteiger partial charge >= 0.3 is 0 Å². The number of rotatable bonds is 10. The lowest BCUT2D eigenvalue weighted by Gasteiger charge is -2.14. The number of aromatic nitrogens is 2. The van der Waals surface area contributed by atoms with Gasteiger partial charge in [-0.25, -0.2) is 19.8 Å². The average molecular weight is 525 g/mol. The zero-order valence-electron chi connectivity index (χ0n) is 19.6. The van der Waals surface area contributed by atoms with Gasteiger partial charge in [0.05, 0.1) is 17.6 Å². The summed E-state index contributed by atoms with van der Waals surface area (Å²) < 4.78 is 30.6. The van der Waals surface area contributed by atoms with Crippen LogP contribution in [0.15, 0.2) is 67.0 Å². The molecule has 0 aliphatic carbocycles. The molecule has 0 saturated heterocycles. The minimum Gasteiger partial charge on any atom is -0.493 e. The maximum absolute atomic E-state index is 13.5. The largest absolute Gasteiger partial charge is 0.493 e. The maximum Gasteiger partial charge on any atom is 0.267 e. The molecule has 3 aromatic carbocycles. The van der Waals surface area contributed by atoms with Gasteiger partial charge in [0.1, 0.15) is 36.9 Å². The van der Waals surface area contributed by atoms with Crippen molar-refractivity contribution in [3.8, 4) is 17.2 Å². The Labute approximate surface area is 216 Å². The Kier molecular flexibility index (Phi) is 8.34. The number of benzene rings is 3. The van der Waals surface area contributed by atoms with Crippen LogP contribution in [0.4, 0.5) is 15.9 Å². The SMILES string of the molecule is COc1cc2ncnc(Nc3ccc(F)c(Cl)c3)c2cc1OCCOc1ccc(/C=C/C(=O)NO)cc1. The molecule has 4 rings (SSSR count). The first kappa shape index (κ1) is 25.7. The molecule has 9 nitrogen and oxygen atoms in total. The van der Waals surface area contributed by atoms with Gasteiger partial charge in [-0.15, -0.1) is 0 Å². The second kappa shape index (κ2) is 12.0. The van der Waals surface area contributed by atoms with E-state index in [0.717, 1.165) is 5.56 Å². The summed E-state index contributed by atoms with van der Waals surface area (Å²) >= 11 is 5.89. The van der Waals surface area contributed by atoms with E-state index < -0.39 is 11.7 Å². The summed E-state index contributed by atoms with van der Waals surface area (Å²) in [6.07, 6.45) is 4.18. The molecule has 37 heavy (non-hydrogen) atoms. The monoisotopic (exact) mass is 524 g/mol. The first-order valence-corrected chi connectivity index (χ1v) is 11.4. The van der Waals surface area contributed by atoms with Gasteiger partial charge in [-0.1, -0.05) is 23.7 Å². The van der Waals surface area contributed by atoms with Crippen LogP contribution in [0.5, 0.6) is 17.2 Å². The molecule has 0 atom stereocenters. The topological polar surface area (TPSA) is 115 Å². The molecule has 0 unspecified atom stereocenters. The van der Waals surface area contributed by atoms with Gasteiger partial charge < -0.3 is 19.5 Å². The standard InChI is InChI=1S/C26H22ClFN4O5/c1-35-23-14-22-19(26(30-15-29-22)31-17-5-8-21(28)20(27)12-17)13-24(23)37-11-10-36-18-6-2-16(3-7-18)4-9-25(33)32-34/h2-9,12-15,34H,10-11H2,1H3,(H,32,33)(H,29,30,31)/b9-4+. The molecule has 0 bridgehead atoms. The van der Waals surface area contributed by atoms with Crippen molar-refractivity contribution in [2.45, 2.75) is 0 Å². The predicted octanol–water partition coefficient (Wildman–Crippen LogP) is 5.15. The van der Waals surface area contributed by atoms with Gasteiger partial charge in [0.2, 0.25) is 0 Å². The number of hydrogen-bond donors (Lipinski definition) is 3. The van der Waals surface area contributed by atoms with Crippen molar-refractivity contribution in [3.63, 3.8) is 0 Å². The zero-order valence-corrected chi connectivity index (χ0v) is 20.3. The Morgan fingerprint density at radius 1 is 1.05 bits per heavy atom. The molecule has 0 fully saturated rings. The third-order valence-corrected chi connectivity index (χ3v) is 5.42. The minimum atomic E-state index is -0.615. The first-order chi connectivity index (χ1) is 18.0. The number of nitrogens with zero attached hydrogens (tertiary/aromatic N) is 2. The number of anilines is 2. The number of ether oxygens (including phenoxy) is 3. The van der Waals surface area contributed by atoms with E-state index in [1.165, 1.54) is 37.1 Å². The van der Waals surface area contributed by atoms with Gasteiger partial charge in [0, 0.05) is 23.2 Å². The lowest BCUT2D eigenvalue weighted by Crippen LogP contribution is -2.14. The number of carbonyl (C=O) groups is 1. The summed E-state index contributed by atoms with van der Waals surface area (Å²) in [7, 11) is 1.53. The highest BCUT2D eigenvalue weighted by molar-refractivity contribution is 6.31. The third-order valence-electron chi connectivity index (χ3n) is 5.13. The number of amides is 1. The molecule has 1 heterocycles. The van der Waals surface area contributed by atoms with E-state index in [9.17, 15) is 9.18 Å². The van der Waals surface area contributed by atoms with E-state index in [1.54, 1.807) is 48.5 Å². The number of fused-ring (bicyclic) bond motifs is 1. The fourth-order valence-electron chi connectivity index (χ4n) is 3.34. The van der Waals surface area contributed by atoms with Crippen LogP contribution in [0.3, 0.4) is 0 Å². The fourth-order valence-corrected chi connectivity index (χ4v) is 3.52. The van der Waals surface area contributed by atoms with Crippen LogP contribution in [0.25, 0.3) is 17.0 Å². The van der Waals surface area contributed by atoms with Crippen LogP contribution in [-0.2, 0) is 4.79 Å². The molecule has 0 aliphatic rings. The quantitative estimate of drug-likeness (QED) is 0.113. The number of hydrogen-bond acceptors (Lipinski definition) is 8. The molecule has 0 saturated carbocycles. The molecule has 1 amide bonds. The highest BCUT2D eigenvalue weighted by atomic mass is 35.5. The zero-order chi connectivity index (χ0) is 26.2. The van der Waals surface area contributed by atoms with Crippen molar-refractivity contribution in [2.75, 3.05) is 25.6 Å². The Hall–Kier alpha value is -4.41. The van der Waals surface area contributed by atoms with Crippen molar-refractivity contribution in [2.24, 2.45) is 0 Å². The van der Waals surface area contributed by atoms with Crippen molar-refractivity contribution < 1.29 is 28.6 Å². The van der Waals surface area contributed by atoms with Crippen LogP contribution in [0.2, 0.25) is 5.02 Å². The average Bonchev–Trinajstić information content (AvgIpc) is 2.92. The van der Waals surface area contributed by atoms with Crippen molar-refractivity contribution in [1.82, 2.24) is 15.4 Å². The highest BCUT2D eigenvalue weighted by Crippen LogP contribution is 2.35. The van der Waals surface area contributed by atoms with Crippen LogP contribution >= 0.6 is 11.6 Å². The second-order valence-corrected chi connectivity index (χ2v) is 7.98.